The van der Waals surface area contributed by atoms with Crippen molar-refractivity contribution in [2.75, 3.05) is 23.8 Å². The molecule has 3 rings (SSSR count). The van der Waals surface area contributed by atoms with Crippen LogP contribution >= 0.6 is 0 Å². The zero-order valence-electron chi connectivity index (χ0n) is 11.7. The number of amides is 1. The molecule has 21 heavy (non-hydrogen) atoms. The lowest BCUT2D eigenvalue weighted by atomic mass is 10.1. The van der Waals surface area contributed by atoms with Gasteiger partial charge in [-0.3, -0.25) is 4.79 Å². The lowest BCUT2D eigenvalue weighted by molar-refractivity contribution is -0.117. The Balaban J connectivity index is 1.75. The maximum Gasteiger partial charge on any atom is 0.312 e. The summed E-state index contributed by atoms with van der Waals surface area (Å²) in [4.78, 5) is 13.9. The minimum Gasteiger partial charge on any atom is -0.494 e. The van der Waals surface area contributed by atoms with Gasteiger partial charge < -0.3 is 19.8 Å². The molecule has 2 aromatic rings. The predicted molar refractivity (Wildman–Crippen MR) is 76.0 cm³/mol. The SMILES string of the molecule is CCOc1ccc(N2CC(c3nnc(N)o3)CC2=O)cc1. The molecule has 0 aliphatic carbocycles. The van der Waals surface area contributed by atoms with E-state index in [-0.39, 0.29) is 17.8 Å². The maximum atomic E-state index is 12.1. The van der Waals surface area contributed by atoms with Gasteiger partial charge in [0.05, 0.1) is 12.5 Å². The Labute approximate surface area is 121 Å². The van der Waals surface area contributed by atoms with Crippen molar-refractivity contribution >= 4 is 17.6 Å². The van der Waals surface area contributed by atoms with Gasteiger partial charge in [-0.25, -0.2) is 0 Å². The number of aromatic nitrogens is 2. The van der Waals surface area contributed by atoms with Gasteiger partial charge in [0.15, 0.2) is 0 Å². The van der Waals surface area contributed by atoms with Crippen molar-refractivity contribution in [2.24, 2.45) is 0 Å². The van der Waals surface area contributed by atoms with Crippen LogP contribution in [0.15, 0.2) is 28.7 Å². The highest BCUT2D eigenvalue weighted by molar-refractivity contribution is 5.96. The molecule has 0 bridgehead atoms. The van der Waals surface area contributed by atoms with E-state index in [0.29, 0.717) is 25.5 Å². The molecule has 1 amide bonds. The molecule has 1 aliphatic heterocycles. The third-order valence-corrected chi connectivity index (χ3v) is 3.39. The van der Waals surface area contributed by atoms with Crippen LogP contribution < -0.4 is 15.4 Å². The molecule has 1 fully saturated rings. The summed E-state index contributed by atoms with van der Waals surface area (Å²) in [6, 6.07) is 7.46. The molecule has 1 aromatic carbocycles. The first kappa shape index (κ1) is 13.4. The highest BCUT2D eigenvalue weighted by Crippen LogP contribution is 2.32. The molecule has 1 saturated heterocycles. The van der Waals surface area contributed by atoms with E-state index >= 15 is 0 Å². The number of carbonyl (C=O) groups is 1. The number of hydrogen-bond acceptors (Lipinski definition) is 6. The van der Waals surface area contributed by atoms with Crippen LogP contribution in [0.4, 0.5) is 11.7 Å². The van der Waals surface area contributed by atoms with Crippen molar-refractivity contribution in [1.82, 2.24) is 10.2 Å². The smallest absolute Gasteiger partial charge is 0.312 e. The average Bonchev–Trinajstić information content (AvgIpc) is 3.06. The van der Waals surface area contributed by atoms with Crippen LogP contribution in [0.1, 0.15) is 25.2 Å². The zero-order chi connectivity index (χ0) is 14.8. The quantitative estimate of drug-likeness (QED) is 0.917. The molecule has 2 N–H and O–H groups in total. The molecule has 0 saturated carbocycles. The van der Waals surface area contributed by atoms with E-state index < -0.39 is 0 Å². The molecule has 1 unspecified atom stereocenters. The fourth-order valence-electron chi connectivity index (χ4n) is 2.42. The standard InChI is InChI=1S/C14H16N4O3/c1-2-20-11-5-3-10(4-6-11)18-8-9(7-12(18)19)13-16-17-14(15)21-13/h3-6,9H,2,7-8H2,1H3,(H2,15,17). The zero-order valence-corrected chi connectivity index (χ0v) is 11.7. The Morgan fingerprint density at radius 3 is 2.76 bits per heavy atom. The monoisotopic (exact) mass is 288 g/mol. The van der Waals surface area contributed by atoms with Crippen LogP contribution in [-0.2, 0) is 4.79 Å². The fraction of sp³-hybridized carbons (Fsp3) is 0.357. The van der Waals surface area contributed by atoms with Gasteiger partial charge in [0, 0.05) is 18.7 Å². The molecule has 1 aromatic heterocycles. The normalized spacial score (nSPS) is 18.2. The third-order valence-electron chi connectivity index (χ3n) is 3.39. The first-order valence-electron chi connectivity index (χ1n) is 6.79. The summed E-state index contributed by atoms with van der Waals surface area (Å²) in [6.07, 6.45) is 0.342. The number of benzene rings is 1. The van der Waals surface area contributed by atoms with Crippen molar-refractivity contribution in [3.05, 3.63) is 30.2 Å². The van der Waals surface area contributed by atoms with Crippen LogP contribution in [0.3, 0.4) is 0 Å². The second-order valence-electron chi connectivity index (χ2n) is 4.81. The van der Waals surface area contributed by atoms with Crippen LogP contribution in [0.2, 0.25) is 0 Å². The fourth-order valence-corrected chi connectivity index (χ4v) is 2.42. The number of carbonyl (C=O) groups excluding carboxylic acids is 1. The molecular weight excluding hydrogens is 272 g/mol. The van der Waals surface area contributed by atoms with Crippen LogP contribution in [0.5, 0.6) is 5.75 Å². The average molecular weight is 288 g/mol. The minimum atomic E-state index is -0.117. The van der Waals surface area contributed by atoms with Crippen LogP contribution in [-0.4, -0.2) is 29.3 Å². The van der Waals surface area contributed by atoms with Crippen molar-refractivity contribution in [3.63, 3.8) is 0 Å². The van der Waals surface area contributed by atoms with Gasteiger partial charge in [0.2, 0.25) is 11.8 Å². The highest BCUT2D eigenvalue weighted by Gasteiger charge is 2.34. The molecule has 110 valence electrons. The van der Waals surface area contributed by atoms with Crippen molar-refractivity contribution < 1.29 is 13.9 Å². The molecule has 7 heteroatoms. The Morgan fingerprint density at radius 1 is 1.38 bits per heavy atom. The number of nitrogens with zero attached hydrogens (tertiary/aromatic N) is 3. The van der Waals surface area contributed by atoms with Gasteiger partial charge in [0.1, 0.15) is 5.75 Å². The van der Waals surface area contributed by atoms with E-state index in [0.717, 1.165) is 11.4 Å². The summed E-state index contributed by atoms with van der Waals surface area (Å²) in [7, 11) is 0. The van der Waals surface area contributed by atoms with Gasteiger partial charge in [-0.2, -0.15) is 0 Å². The number of rotatable bonds is 4. The summed E-state index contributed by atoms with van der Waals surface area (Å²) in [5.74, 6) is 1.11. The van der Waals surface area contributed by atoms with E-state index in [4.69, 9.17) is 14.9 Å². The first-order chi connectivity index (χ1) is 10.2. The largest absolute Gasteiger partial charge is 0.494 e. The summed E-state index contributed by atoms with van der Waals surface area (Å²) in [6.45, 7) is 3.05. The number of nitrogens with two attached hydrogens (primary N) is 1. The highest BCUT2D eigenvalue weighted by atomic mass is 16.5. The van der Waals surface area contributed by atoms with Gasteiger partial charge in [0.25, 0.3) is 0 Å². The molecule has 0 spiro atoms. The summed E-state index contributed by atoms with van der Waals surface area (Å²) in [5.41, 5.74) is 6.25. The molecular formula is C14H16N4O3. The van der Waals surface area contributed by atoms with E-state index in [1.807, 2.05) is 31.2 Å². The second-order valence-corrected chi connectivity index (χ2v) is 4.81. The number of anilines is 2. The first-order valence-corrected chi connectivity index (χ1v) is 6.79. The van der Waals surface area contributed by atoms with E-state index in [1.54, 1.807) is 4.90 Å². The van der Waals surface area contributed by atoms with Crippen molar-refractivity contribution in [2.45, 2.75) is 19.3 Å². The van der Waals surface area contributed by atoms with Gasteiger partial charge >= 0.3 is 6.01 Å². The molecule has 2 heterocycles. The predicted octanol–water partition coefficient (Wildman–Crippen LogP) is 1.57. The summed E-state index contributed by atoms with van der Waals surface area (Å²) >= 11 is 0. The van der Waals surface area contributed by atoms with Gasteiger partial charge in [-0.05, 0) is 31.2 Å². The minimum absolute atomic E-state index is 0.0250. The second kappa shape index (κ2) is 5.43. The maximum absolute atomic E-state index is 12.1. The Morgan fingerprint density at radius 2 is 2.14 bits per heavy atom. The van der Waals surface area contributed by atoms with Crippen molar-refractivity contribution in [3.8, 4) is 5.75 Å². The molecule has 1 aliphatic rings. The lowest BCUT2D eigenvalue weighted by Gasteiger charge is -2.16. The van der Waals surface area contributed by atoms with Crippen molar-refractivity contribution in [1.29, 1.82) is 0 Å². The lowest BCUT2D eigenvalue weighted by Crippen LogP contribution is -2.24. The summed E-state index contributed by atoms with van der Waals surface area (Å²) in [5, 5.41) is 7.49. The Bertz CT molecular complexity index is 638. The van der Waals surface area contributed by atoms with Gasteiger partial charge in [-0.15, -0.1) is 5.10 Å². The van der Waals surface area contributed by atoms with Crippen LogP contribution in [0, 0.1) is 0 Å². The Hall–Kier alpha value is -2.57. The number of nitrogen functional groups attached to an aromatic ring is 1. The Kier molecular flexibility index (Phi) is 3.47. The van der Waals surface area contributed by atoms with E-state index in [9.17, 15) is 4.79 Å². The van der Waals surface area contributed by atoms with Gasteiger partial charge in [-0.1, -0.05) is 5.10 Å². The van der Waals surface area contributed by atoms with E-state index in [1.165, 1.54) is 0 Å². The molecule has 7 nitrogen and oxygen atoms in total. The third kappa shape index (κ3) is 2.67. The molecule has 0 radical (unpaired) electrons. The summed E-state index contributed by atoms with van der Waals surface area (Å²) < 4.78 is 10.6. The van der Waals surface area contributed by atoms with E-state index in [2.05, 4.69) is 10.2 Å². The van der Waals surface area contributed by atoms with Crippen LogP contribution in [0.25, 0.3) is 0 Å². The molecule has 1 atom stereocenters. The topological polar surface area (TPSA) is 94.5 Å². The number of hydrogen-bond donors (Lipinski definition) is 1. The number of ether oxygens (including phenoxy) is 1.